The Bertz CT molecular complexity index is 226. The lowest BCUT2D eigenvalue weighted by atomic mass is 9.98. The topological polar surface area (TPSA) is 61.8 Å². The molecule has 0 heterocycles. The summed E-state index contributed by atoms with van der Waals surface area (Å²) in [6, 6.07) is 0. The molecule has 0 spiro atoms. The van der Waals surface area contributed by atoms with Gasteiger partial charge in [-0.25, -0.2) is 0 Å². The Morgan fingerprint density at radius 3 is 2.25 bits per heavy atom. The third-order valence-electron chi connectivity index (χ3n) is 2.23. The van der Waals surface area contributed by atoms with Crippen molar-refractivity contribution >= 4 is 11.8 Å². The highest BCUT2D eigenvalue weighted by molar-refractivity contribution is 5.97. The summed E-state index contributed by atoms with van der Waals surface area (Å²) in [4.78, 5) is 22.5. The Kier molecular flexibility index (Phi) is 7.76. The lowest BCUT2D eigenvalue weighted by Gasteiger charge is -2.17. The van der Waals surface area contributed by atoms with Gasteiger partial charge in [0.25, 0.3) is 0 Å². The molecule has 0 amide bonds. The molecular formula is C11H20O5. The van der Waals surface area contributed by atoms with Crippen molar-refractivity contribution < 1.29 is 23.8 Å². The van der Waals surface area contributed by atoms with Crippen LogP contribution in [0.3, 0.4) is 0 Å². The molecule has 5 heteroatoms. The molecule has 94 valence electrons. The van der Waals surface area contributed by atoms with Crippen molar-refractivity contribution in [2.45, 2.75) is 26.4 Å². The third-order valence-corrected chi connectivity index (χ3v) is 2.23. The fourth-order valence-corrected chi connectivity index (χ4v) is 1.30. The van der Waals surface area contributed by atoms with Gasteiger partial charge in [0.1, 0.15) is 11.7 Å². The molecule has 0 aliphatic rings. The van der Waals surface area contributed by atoms with Gasteiger partial charge in [0.05, 0.1) is 26.4 Å². The number of methoxy groups -OCH3 is 2. The van der Waals surface area contributed by atoms with Crippen LogP contribution in [0.4, 0.5) is 0 Å². The van der Waals surface area contributed by atoms with Gasteiger partial charge >= 0.3 is 5.97 Å². The van der Waals surface area contributed by atoms with Crippen molar-refractivity contribution in [2.75, 3.05) is 27.4 Å². The average Bonchev–Trinajstić information content (AvgIpc) is 2.25. The highest BCUT2D eigenvalue weighted by atomic mass is 16.5. The maximum absolute atomic E-state index is 11.3. The summed E-state index contributed by atoms with van der Waals surface area (Å²) in [6.45, 7) is 4.13. The molecule has 0 saturated carbocycles. The first-order valence-electron chi connectivity index (χ1n) is 5.21. The van der Waals surface area contributed by atoms with Crippen LogP contribution in [0, 0.1) is 5.92 Å². The predicted octanol–water partition coefficient (Wildman–Crippen LogP) is 0.806. The highest BCUT2D eigenvalue weighted by Crippen LogP contribution is 2.12. The van der Waals surface area contributed by atoms with Gasteiger partial charge in [0.2, 0.25) is 0 Å². The normalized spacial score (nSPS) is 14.2. The zero-order valence-electron chi connectivity index (χ0n) is 10.3. The van der Waals surface area contributed by atoms with E-state index in [2.05, 4.69) is 4.74 Å². The maximum atomic E-state index is 11.3. The molecule has 2 unspecified atom stereocenters. The Balaban J connectivity index is 4.08. The molecule has 5 nitrogen and oxygen atoms in total. The minimum atomic E-state index is -0.734. The minimum absolute atomic E-state index is 0.178. The second kappa shape index (κ2) is 8.24. The first kappa shape index (κ1) is 15.1. The van der Waals surface area contributed by atoms with E-state index in [1.54, 1.807) is 7.11 Å². The number of carbonyl (C=O) groups is 2. The number of rotatable bonds is 8. The molecule has 0 N–H and O–H groups in total. The molecule has 0 aliphatic carbocycles. The van der Waals surface area contributed by atoms with Crippen molar-refractivity contribution in [1.82, 2.24) is 0 Å². The summed E-state index contributed by atoms with van der Waals surface area (Å²) >= 11 is 0. The van der Waals surface area contributed by atoms with Crippen LogP contribution in [-0.4, -0.2) is 45.3 Å². The summed E-state index contributed by atoms with van der Waals surface area (Å²) in [5.41, 5.74) is 0. The first-order valence-corrected chi connectivity index (χ1v) is 5.21. The number of ether oxygens (including phenoxy) is 3. The Hall–Kier alpha value is -0.940. The quantitative estimate of drug-likeness (QED) is 0.352. The van der Waals surface area contributed by atoms with E-state index in [1.165, 1.54) is 14.0 Å². The van der Waals surface area contributed by atoms with Gasteiger partial charge in [0.15, 0.2) is 0 Å². The number of Topliss-reactive ketones (excluding diaryl/α,β-unsaturated/α-hetero) is 1. The molecule has 0 aliphatic heterocycles. The van der Waals surface area contributed by atoms with E-state index in [0.717, 1.165) is 0 Å². The van der Waals surface area contributed by atoms with Crippen molar-refractivity contribution in [3.05, 3.63) is 0 Å². The van der Waals surface area contributed by atoms with Gasteiger partial charge in [-0.1, -0.05) is 0 Å². The van der Waals surface area contributed by atoms with Crippen LogP contribution in [0.25, 0.3) is 0 Å². The lowest BCUT2D eigenvalue weighted by Crippen LogP contribution is -2.28. The number of hydrogen-bond acceptors (Lipinski definition) is 5. The number of esters is 1. The molecule has 16 heavy (non-hydrogen) atoms. The van der Waals surface area contributed by atoms with Crippen LogP contribution in [0.15, 0.2) is 0 Å². The van der Waals surface area contributed by atoms with E-state index in [-0.39, 0.29) is 11.9 Å². The van der Waals surface area contributed by atoms with E-state index in [0.29, 0.717) is 19.6 Å². The van der Waals surface area contributed by atoms with E-state index in [9.17, 15) is 9.59 Å². The van der Waals surface area contributed by atoms with Gasteiger partial charge in [-0.2, -0.15) is 0 Å². The van der Waals surface area contributed by atoms with Gasteiger partial charge in [-0.3, -0.25) is 9.59 Å². The monoisotopic (exact) mass is 232 g/mol. The zero-order chi connectivity index (χ0) is 12.6. The Morgan fingerprint density at radius 1 is 1.19 bits per heavy atom. The van der Waals surface area contributed by atoms with Gasteiger partial charge in [-0.15, -0.1) is 0 Å². The molecule has 0 aromatic heterocycles. The largest absolute Gasteiger partial charge is 0.468 e. The van der Waals surface area contributed by atoms with E-state index < -0.39 is 11.9 Å². The molecular weight excluding hydrogens is 212 g/mol. The van der Waals surface area contributed by atoms with Crippen LogP contribution < -0.4 is 0 Å². The van der Waals surface area contributed by atoms with E-state index in [4.69, 9.17) is 9.47 Å². The van der Waals surface area contributed by atoms with Crippen LogP contribution >= 0.6 is 0 Å². The molecule has 0 bridgehead atoms. The number of ketones is 1. The van der Waals surface area contributed by atoms with Gasteiger partial charge < -0.3 is 14.2 Å². The van der Waals surface area contributed by atoms with Crippen molar-refractivity contribution in [1.29, 1.82) is 0 Å². The van der Waals surface area contributed by atoms with Crippen LogP contribution in [0.5, 0.6) is 0 Å². The average molecular weight is 232 g/mol. The third kappa shape index (κ3) is 5.82. The summed E-state index contributed by atoms with van der Waals surface area (Å²) in [7, 11) is 2.86. The molecule has 0 aromatic carbocycles. The molecule has 0 radical (unpaired) electrons. The summed E-state index contributed by atoms with van der Waals surface area (Å²) in [6.07, 6.45) is 0.161. The maximum Gasteiger partial charge on any atom is 0.316 e. The van der Waals surface area contributed by atoms with E-state index >= 15 is 0 Å². The van der Waals surface area contributed by atoms with Crippen molar-refractivity contribution in [3.63, 3.8) is 0 Å². The van der Waals surface area contributed by atoms with Gasteiger partial charge in [0, 0.05) is 7.11 Å². The standard InChI is InChI=1S/C11H20O5/c1-8(16-6-5-14-3)7-10(9(2)12)11(13)15-4/h8,10H,5-7H2,1-4H3. The summed E-state index contributed by atoms with van der Waals surface area (Å²) in [5, 5.41) is 0. The predicted molar refractivity (Wildman–Crippen MR) is 58.1 cm³/mol. The Labute approximate surface area is 96.1 Å². The molecule has 0 fully saturated rings. The first-order chi connectivity index (χ1) is 7.52. The fraction of sp³-hybridized carbons (Fsp3) is 0.818. The summed E-state index contributed by atoms with van der Waals surface area (Å²) in [5.74, 6) is -1.44. The van der Waals surface area contributed by atoms with Gasteiger partial charge in [-0.05, 0) is 20.3 Å². The van der Waals surface area contributed by atoms with E-state index in [1.807, 2.05) is 6.92 Å². The zero-order valence-corrected chi connectivity index (χ0v) is 10.3. The smallest absolute Gasteiger partial charge is 0.316 e. The second-order valence-electron chi connectivity index (χ2n) is 3.60. The van der Waals surface area contributed by atoms with Crippen molar-refractivity contribution in [2.24, 2.45) is 5.92 Å². The number of hydrogen-bond donors (Lipinski definition) is 0. The highest BCUT2D eigenvalue weighted by Gasteiger charge is 2.26. The van der Waals surface area contributed by atoms with Crippen LogP contribution in [-0.2, 0) is 23.8 Å². The SMILES string of the molecule is COCCOC(C)CC(C(C)=O)C(=O)OC. The summed E-state index contributed by atoms with van der Waals surface area (Å²) < 4.78 is 14.8. The molecule has 0 saturated heterocycles. The lowest BCUT2D eigenvalue weighted by molar-refractivity contribution is -0.150. The Morgan fingerprint density at radius 2 is 1.81 bits per heavy atom. The molecule has 0 aromatic rings. The van der Waals surface area contributed by atoms with Crippen molar-refractivity contribution in [3.8, 4) is 0 Å². The minimum Gasteiger partial charge on any atom is -0.468 e. The second-order valence-corrected chi connectivity index (χ2v) is 3.60. The van der Waals surface area contributed by atoms with Crippen LogP contribution in [0.1, 0.15) is 20.3 Å². The van der Waals surface area contributed by atoms with Crippen LogP contribution in [0.2, 0.25) is 0 Å². The fourth-order valence-electron chi connectivity index (χ4n) is 1.30. The number of carbonyl (C=O) groups excluding carboxylic acids is 2. The molecule has 0 rings (SSSR count). The molecule has 2 atom stereocenters.